The number of hydrogen-bond acceptors (Lipinski definition) is 8. The Hall–Kier alpha value is -3.01. The lowest BCUT2D eigenvalue weighted by Crippen LogP contribution is -2.44. The maximum Gasteiger partial charge on any atom is 0.306 e. The minimum Gasteiger partial charge on any atom is -0.545 e. The molecule has 0 rings (SSSR count). The highest BCUT2D eigenvalue weighted by atomic mass is 16.7. The van der Waals surface area contributed by atoms with Gasteiger partial charge in [-0.2, -0.15) is 0 Å². The van der Waals surface area contributed by atoms with E-state index in [9.17, 15) is 19.5 Å². The molecule has 0 N–H and O–H groups in total. The van der Waals surface area contributed by atoms with Crippen LogP contribution < -0.4 is 5.11 Å². The third-order valence-electron chi connectivity index (χ3n) is 10.2. The lowest BCUT2D eigenvalue weighted by Gasteiger charge is -2.26. The van der Waals surface area contributed by atoms with Gasteiger partial charge in [-0.1, -0.05) is 164 Å². The molecular formula is C52H91NO8. The highest BCUT2D eigenvalue weighted by Crippen LogP contribution is 2.14. The molecule has 0 bridgehead atoms. The summed E-state index contributed by atoms with van der Waals surface area (Å²) in [5.74, 6) is -2.30. The normalized spacial score (nSPS) is 13.4. The van der Waals surface area contributed by atoms with E-state index in [4.69, 9.17) is 18.9 Å². The van der Waals surface area contributed by atoms with Crippen molar-refractivity contribution in [3.05, 3.63) is 60.8 Å². The van der Waals surface area contributed by atoms with Gasteiger partial charge < -0.3 is 33.3 Å². The molecule has 0 radical (unpaired) electrons. The Labute approximate surface area is 374 Å². The molecule has 352 valence electrons. The molecule has 0 heterocycles. The number of carbonyl (C=O) groups excluding carboxylic acids is 3. The topological polar surface area (TPSA) is 111 Å². The van der Waals surface area contributed by atoms with E-state index >= 15 is 0 Å². The quantitative estimate of drug-likeness (QED) is 0.0196. The van der Waals surface area contributed by atoms with Gasteiger partial charge >= 0.3 is 11.9 Å². The molecule has 0 spiro atoms. The van der Waals surface area contributed by atoms with Gasteiger partial charge in [-0.3, -0.25) is 9.59 Å². The predicted octanol–water partition coefficient (Wildman–Crippen LogP) is 12.0. The Balaban J connectivity index is 4.35. The zero-order valence-corrected chi connectivity index (χ0v) is 39.8. The fourth-order valence-electron chi connectivity index (χ4n) is 6.46. The molecule has 0 aliphatic heterocycles. The third kappa shape index (κ3) is 44.8. The smallest absolute Gasteiger partial charge is 0.306 e. The van der Waals surface area contributed by atoms with Gasteiger partial charge in [-0.05, 0) is 77.0 Å². The van der Waals surface area contributed by atoms with E-state index in [2.05, 4.69) is 74.6 Å². The Bertz CT molecular complexity index is 1180. The molecule has 2 atom stereocenters. The van der Waals surface area contributed by atoms with Gasteiger partial charge in [0.2, 0.25) is 0 Å². The first-order chi connectivity index (χ1) is 29.6. The van der Waals surface area contributed by atoms with E-state index in [0.717, 1.165) is 89.9 Å². The number of esters is 2. The highest BCUT2D eigenvalue weighted by Gasteiger charge is 2.21. The van der Waals surface area contributed by atoms with Gasteiger partial charge in [0, 0.05) is 12.8 Å². The van der Waals surface area contributed by atoms with Crippen LogP contribution in [0.2, 0.25) is 0 Å². The van der Waals surface area contributed by atoms with Crippen LogP contribution in [0.1, 0.15) is 194 Å². The second kappa shape index (κ2) is 43.6. The fraction of sp³-hybridized carbons (Fsp3) is 0.750. The highest BCUT2D eigenvalue weighted by molar-refractivity contribution is 5.70. The minimum atomic E-state index is -1.62. The number of carbonyl (C=O) groups is 3. The Morgan fingerprint density at radius 2 is 0.934 bits per heavy atom. The van der Waals surface area contributed by atoms with Crippen LogP contribution in [0.3, 0.4) is 0 Å². The molecule has 2 unspecified atom stereocenters. The standard InChI is InChI=1S/C52H91NO8/c1-6-8-10-12-14-16-18-20-21-22-23-24-25-26-27-28-29-31-33-35-37-39-41-43-50(55)61-48(47-60-52(51(56)57)58-45-44-53(3,4)5)46-59-49(54)42-40-38-36-34-32-30-19-17-15-13-11-9-7-2/h8,10,14,16-17,19-21,23-24,48,52H,6-7,9,11-13,15,18,22,25-47H2,1-5H3/b10-8-,16-14-,19-17-,21-20-,24-23-. The second-order valence-corrected chi connectivity index (χ2v) is 17.4. The number of ether oxygens (including phenoxy) is 4. The molecule has 9 nitrogen and oxygen atoms in total. The number of aliphatic carboxylic acids is 1. The molecule has 61 heavy (non-hydrogen) atoms. The van der Waals surface area contributed by atoms with E-state index < -0.39 is 24.3 Å². The summed E-state index contributed by atoms with van der Waals surface area (Å²) in [4.78, 5) is 37.0. The molecule has 0 fully saturated rings. The number of allylic oxidation sites excluding steroid dienone is 10. The van der Waals surface area contributed by atoms with E-state index in [1.54, 1.807) is 0 Å². The van der Waals surface area contributed by atoms with Crippen molar-refractivity contribution in [1.82, 2.24) is 0 Å². The molecule has 0 aromatic heterocycles. The summed E-state index contributed by atoms with van der Waals surface area (Å²) in [5, 5.41) is 11.7. The molecule has 0 saturated carbocycles. The van der Waals surface area contributed by atoms with Crippen molar-refractivity contribution in [2.24, 2.45) is 0 Å². The maximum atomic E-state index is 12.8. The number of hydrogen-bond donors (Lipinski definition) is 0. The third-order valence-corrected chi connectivity index (χ3v) is 10.2. The molecule has 0 amide bonds. The number of unbranched alkanes of at least 4 members (excludes halogenated alkanes) is 19. The molecule has 9 heteroatoms. The summed E-state index contributed by atoms with van der Waals surface area (Å²) in [6.07, 6.45) is 49.6. The van der Waals surface area contributed by atoms with Crippen molar-refractivity contribution in [3.63, 3.8) is 0 Å². The number of likely N-dealkylation sites (N-methyl/N-ethyl adjacent to an activating group) is 1. The van der Waals surface area contributed by atoms with Gasteiger partial charge in [0.25, 0.3) is 0 Å². The first kappa shape index (κ1) is 58.0. The zero-order chi connectivity index (χ0) is 44.9. The monoisotopic (exact) mass is 858 g/mol. The Kier molecular flexibility index (Phi) is 41.5. The van der Waals surface area contributed by atoms with Crippen LogP contribution in [0.15, 0.2) is 60.8 Å². The molecule has 0 saturated heterocycles. The molecule has 0 aromatic rings. The predicted molar refractivity (Wildman–Crippen MR) is 251 cm³/mol. The summed E-state index contributed by atoms with van der Waals surface area (Å²) in [7, 11) is 5.90. The summed E-state index contributed by atoms with van der Waals surface area (Å²) in [5.41, 5.74) is 0. The van der Waals surface area contributed by atoms with Gasteiger partial charge in [-0.15, -0.1) is 0 Å². The zero-order valence-electron chi connectivity index (χ0n) is 39.8. The number of carboxylic acids is 1. The Morgan fingerprint density at radius 1 is 0.508 bits per heavy atom. The number of rotatable bonds is 44. The Morgan fingerprint density at radius 3 is 1.41 bits per heavy atom. The van der Waals surface area contributed by atoms with Crippen LogP contribution in [-0.4, -0.2) is 82.3 Å². The summed E-state index contributed by atoms with van der Waals surface area (Å²) < 4.78 is 22.6. The molecular weight excluding hydrogens is 767 g/mol. The first-order valence-electron chi connectivity index (χ1n) is 24.4. The molecule has 0 aromatic carbocycles. The SMILES string of the molecule is CC/C=C\C/C=C\C/C=C\C/C=C\CCCCCCCCCCCCC(=O)OC(COC(=O)CCCCCCC/C=C\CCCCCC)COC(OCC[N+](C)(C)C)C(=O)[O-]. The maximum absolute atomic E-state index is 12.8. The van der Waals surface area contributed by atoms with Crippen LogP contribution in [0, 0.1) is 0 Å². The lowest BCUT2D eigenvalue weighted by atomic mass is 10.0. The van der Waals surface area contributed by atoms with Crippen LogP contribution in [0.25, 0.3) is 0 Å². The van der Waals surface area contributed by atoms with E-state index in [1.807, 2.05) is 21.1 Å². The number of quaternary nitrogens is 1. The van der Waals surface area contributed by atoms with Gasteiger partial charge in [-0.25, -0.2) is 0 Å². The van der Waals surface area contributed by atoms with E-state index in [-0.39, 0.29) is 38.6 Å². The van der Waals surface area contributed by atoms with E-state index in [1.165, 1.54) is 70.6 Å². The summed E-state index contributed by atoms with van der Waals surface area (Å²) in [6.45, 7) is 4.59. The van der Waals surface area contributed by atoms with Crippen LogP contribution in [-0.2, 0) is 33.3 Å². The molecule has 0 aliphatic carbocycles. The van der Waals surface area contributed by atoms with Gasteiger partial charge in [0.05, 0.1) is 40.3 Å². The van der Waals surface area contributed by atoms with Crippen molar-refractivity contribution in [1.29, 1.82) is 0 Å². The van der Waals surface area contributed by atoms with Crippen LogP contribution in [0.5, 0.6) is 0 Å². The lowest BCUT2D eigenvalue weighted by molar-refractivity contribution is -0.870. The van der Waals surface area contributed by atoms with Crippen molar-refractivity contribution in [2.75, 3.05) is 47.5 Å². The average Bonchev–Trinajstić information content (AvgIpc) is 3.22. The van der Waals surface area contributed by atoms with Crippen molar-refractivity contribution in [2.45, 2.75) is 206 Å². The summed E-state index contributed by atoms with van der Waals surface area (Å²) in [6, 6.07) is 0. The van der Waals surface area contributed by atoms with Gasteiger partial charge in [0.15, 0.2) is 12.4 Å². The average molecular weight is 858 g/mol. The van der Waals surface area contributed by atoms with Crippen LogP contribution in [0.4, 0.5) is 0 Å². The minimum absolute atomic E-state index is 0.144. The first-order valence-corrected chi connectivity index (χ1v) is 24.4. The van der Waals surface area contributed by atoms with Crippen molar-refractivity contribution < 1.29 is 42.9 Å². The second-order valence-electron chi connectivity index (χ2n) is 17.4. The van der Waals surface area contributed by atoms with E-state index in [0.29, 0.717) is 17.4 Å². The number of nitrogens with zero attached hydrogens (tertiary/aromatic N) is 1. The number of carboxylic acid groups (broad SMARTS) is 1. The summed E-state index contributed by atoms with van der Waals surface area (Å²) >= 11 is 0. The van der Waals surface area contributed by atoms with Crippen LogP contribution >= 0.6 is 0 Å². The largest absolute Gasteiger partial charge is 0.545 e. The van der Waals surface area contributed by atoms with Crippen molar-refractivity contribution in [3.8, 4) is 0 Å². The van der Waals surface area contributed by atoms with Crippen molar-refractivity contribution >= 4 is 17.9 Å². The van der Waals surface area contributed by atoms with Gasteiger partial charge in [0.1, 0.15) is 13.2 Å². The molecule has 0 aliphatic rings. The fourth-order valence-corrected chi connectivity index (χ4v) is 6.46.